The Kier molecular flexibility index (Phi) is 9.94. The van der Waals surface area contributed by atoms with Crippen LogP contribution in [0, 0.1) is 11.6 Å². The minimum Gasteiger partial charge on any atom is -0.492 e. The number of rotatable bonds is 11. The van der Waals surface area contributed by atoms with E-state index in [2.05, 4.69) is 15.0 Å². The molecule has 4 aromatic rings. The van der Waals surface area contributed by atoms with Crippen molar-refractivity contribution in [2.24, 2.45) is 0 Å². The number of anilines is 1. The lowest BCUT2D eigenvalue weighted by atomic mass is 9.92. The van der Waals surface area contributed by atoms with Crippen LogP contribution in [0.5, 0.6) is 5.75 Å². The molecule has 5 rings (SSSR count). The maximum absolute atomic E-state index is 15.1. The van der Waals surface area contributed by atoms with Crippen molar-refractivity contribution in [2.75, 3.05) is 50.8 Å². The van der Waals surface area contributed by atoms with Crippen LogP contribution in [0.1, 0.15) is 22.8 Å². The van der Waals surface area contributed by atoms with E-state index >= 15 is 4.39 Å². The molecule has 236 valence electrons. The predicted molar refractivity (Wildman–Crippen MR) is 164 cm³/mol. The van der Waals surface area contributed by atoms with E-state index in [0.717, 1.165) is 30.9 Å². The number of nitrogens with zero attached hydrogens (tertiary/aromatic N) is 6. The zero-order chi connectivity index (χ0) is 32.0. The average Bonchev–Trinajstić information content (AvgIpc) is 3.53. The third-order valence-corrected chi connectivity index (χ3v) is 8.05. The summed E-state index contributed by atoms with van der Waals surface area (Å²) < 4.78 is 36.2. The highest BCUT2D eigenvalue weighted by Gasteiger charge is 2.37. The number of piperazine rings is 1. The van der Waals surface area contributed by atoms with Gasteiger partial charge in [-0.15, -0.1) is 0 Å². The zero-order valence-corrected chi connectivity index (χ0v) is 25.4. The summed E-state index contributed by atoms with van der Waals surface area (Å²) in [4.78, 5) is 34.7. The fourth-order valence-electron chi connectivity index (χ4n) is 5.35. The molecule has 1 atom stereocenters. The second-order valence-electron chi connectivity index (χ2n) is 10.8. The topological polar surface area (TPSA) is 104 Å². The number of hydrogen-bond donors (Lipinski definition) is 1. The Morgan fingerprint density at radius 3 is 2.42 bits per heavy atom. The van der Waals surface area contributed by atoms with Gasteiger partial charge in [-0.05, 0) is 42.5 Å². The van der Waals surface area contributed by atoms with Crippen LogP contribution in [0.4, 0.5) is 14.5 Å². The maximum Gasteiger partial charge on any atom is 0.255 e. The third kappa shape index (κ3) is 7.76. The standard InChI is InChI=1S/C32H33ClF2N6O4/c1-23(42)38-12-14-39(15-13-38)25-7-9-26(10-8-25)45-17-16-40(31(43)27-4-2-3-5-29(27)33)19-32(44,20-41-22-36-21-37-41)28-11-6-24(34)18-30(28)35/h2-11,18,21-22,44H,12-17,19-20H2,1H3. The summed E-state index contributed by atoms with van der Waals surface area (Å²) in [6.07, 6.45) is 2.61. The lowest BCUT2D eigenvalue weighted by Crippen LogP contribution is -2.48. The molecule has 45 heavy (non-hydrogen) atoms. The van der Waals surface area contributed by atoms with Gasteiger partial charge < -0.3 is 24.5 Å². The molecule has 13 heteroatoms. The number of hydrogen-bond acceptors (Lipinski definition) is 7. The molecule has 1 N–H and O–H groups in total. The fraction of sp³-hybridized carbons (Fsp3) is 0.312. The van der Waals surface area contributed by atoms with Crippen molar-refractivity contribution in [1.29, 1.82) is 0 Å². The number of carbonyl (C=O) groups is 2. The Bertz CT molecular complexity index is 1620. The summed E-state index contributed by atoms with van der Waals surface area (Å²) in [6.45, 7) is 3.72. The highest BCUT2D eigenvalue weighted by molar-refractivity contribution is 6.33. The Morgan fingerprint density at radius 1 is 1.04 bits per heavy atom. The van der Waals surface area contributed by atoms with E-state index in [1.165, 1.54) is 22.2 Å². The second-order valence-corrected chi connectivity index (χ2v) is 11.2. The van der Waals surface area contributed by atoms with E-state index in [-0.39, 0.29) is 41.8 Å². The van der Waals surface area contributed by atoms with Gasteiger partial charge in [-0.2, -0.15) is 5.10 Å². The Hall–Kier alpha value is -4.55. The smallest absolute Gasteiger partial charge is 0.255 e. The SMILES string of the molecule is CC(=O)N1CCN(c2ccc(OCCN(CC(O)(Cn3cncn3)c3ccc(F)cc3F)C(=O)c3ccccc3Cl)cc2)CC1. The Balaban J connectivity index is 1.34. The van der Waals surface area contributed by atoms with Crippen LogP contribution in [0.15, 0.2) is 79.4 Å². The first-order chi connectivity index (χ1) is 21.6. The lowest BCUT2D eigenvalue weighted by Gasteiger charge is -2.35. The van der Waals surface area contributed by atoms with Gasteiger partial charge in [0.2, 0.25) is 5.91 Å². The minimum atomic E-state index is -2.03. The molecule has 1 saturated heterocycles. The average molecular weight is 639 g/mol. The first-order valence-electron chi connectivity index (χ1n) is 14.4. The summed E-state index contributed by atoms with van der Waals surface area (Å²) in [5.74, 6) is -1.65. The van der Waals surface area contributed by atoms with Crippen molar-refractivity contribution in [2.45, 2.75) is 19.1 Å². The summed E-state index contributed by atoms with van der Waals surface area (Å²) in [5.41, 5.74) is -1.05. The molecule has 1 aromatic heterocycles. The van der Waals surface area contributed by atoms with Gasteiger partial charge in [0.15, 0.2) is 0 Å². The lowest BCUT2D eigenvalue weighted by molar-refractivity contribution is -0.129. The van der Waals surface area contributed by atoms with Gasteiger partial charge in [-0.25, -0.2) is 18.4 Å². The molecule has 0 bridgehead atoms. The number of aromatic nitrogens is 3. The highest BCUT2D eigenvalue weighted by atomic mass is 35.5. The van der Waals surface area contributed by atoms with Crippen molar-refractivity contribution in [3.05, 3.63) is 107 Å². The molecule has 1 aliphatic heterocycles. The monoisotopic (exact) mass is 638 g/mol. The maximum atomic E-state index is 15.1. The summed E-state index contributed by atoms with van der Waals surface area (Å²) in [5, 5.41) is 16.2. The molecule has 1 unspecified atom stereocenters. The molecule has 10 nitrogen and oxygen atoms in total. The molecule has 0 radical (unpaired) electrons. The minimum absolute atomic E-state index is 0.00128. The third-order valence-electron chi connectivity index (χ3n) is 7.72. The van der Waals surface area contributed by atoms with Crippen LogP contribution in [0.3, 0.4) is 0 Å². The summed E-state index contributed by atoms with van der Waals surface area (Å²) >= 11 is 6.35. The predicted octanol–water partition coefficient (Wildman–Crippen LogP) is 3.99. The number of amides is 2. The normalized spacial score (nSPS) is 14.6. The number of aliphatic hydroxyl groups is 1. The number of halogens is 3. The first-order valence-corrected chi connectivity index (χ1v) is 14.8. The van der Waals surface area contributed by atoms with Gasteiger partial charge in [-0.1, -0.05) is 29.8 Å². The molecule has 2 amide bonds. The molecular weight excluding hydrogens is 606 g/mol. The van der Waals surface area contributed by atoms with Crippen LogP contribution in [-0.2, 0) is 16.9 Å². The molecule has 2 heterocycles. The zero-order valence-electron chi connectivity index (χ0n) is 24.7. The van der Waals surface area contributed by atoms with Gasteiger partial charge >= 0.3 is 0 Å². The summed E-state index contributed by atoms with van der Waals surface area (Å²) in [7, 11) is 0. The van der Waals surface area contributed by atoms with Crippen LogP contribution < -0.4 is 9.64 Å². The molecule has 1 aliphatic rings. The van der Waals surface area contributed by atoms with Gasteiger partial charge in [0.1, 0.15) is 42.2 Å². The van der Waals surface area contributed by atoms with E-state index in [9.17, 15) is 19.1 Å². The van der Waals surface area contributed by atoms with E-state index in [1.54, 1.807) is 31.2 Å². The largest absolute Gasteiger partial charge is 0.492 e. The van der Waals surface area contributed by atoms with Gasteiger partial charge in [-0.3, -0.25) is 9.59 Å². The molecule has 3 aromatic carbocycles. The van der Waals surface area contributed by atoms with Crippen molar-refractivity contribution >= 4 is 29.1 Å². The molecule has 0 aliphatic carbocycles. The number of ether oxygens (including phenoxy) is 1. The molecule has 1 fully saturated rings. The van der Waals surface area contributed by atoms with Gasteiger partial charge in [0.25, 0.3) is 5.91 Å². The van der Waals surface area contributed by atoms with Crippen LogP contribution in [0.2, 0.25) is 5.02 Å². The van der Waals surface area contributed by atoms with E-state index in [4.69, 9.17) is 16.3 Å². The van der Waals surface area contributed by atoms with Crippen molar-refractivity contribution in [1.82, 2.24) is 24.6 Å². The van der Waals surface area contributed by atoms with Crippen molar-refractivity contribution < 1.29 is 28.2 Å². The van der Waals surface area contributed by atoms with Crippen LogP contribution in [-0.4, -0.2) is 87.4 Å². The summed E-state index contributed by atoms with van der Waals surface area (Å²) in [6, 6.07) is 16.9. The Morgan fingerprint density at radius 2 is 1.78 bits per heavy atom. The molecular formula is C32H33ClF2N6O4. The fourth-order valence-corrected chi connectivity index (χ4v) is 5.57. The Labute approximate surface area is 264 Å². The second kappa shape index (κ2) is 14.0. The van der Waals surface area contributed by atoms with Gasteiger partial charge in [0.05, 0.1) is 30.2 Å². The van der Waals surface area contributed by atoms with Gasteiger partial charge in [0, 0.05) is 50.4 Å². The quantitative estimate of drug-likeness (QED) is 0.265. The highest BCUT2D eigenvalue weighted by Crippen LogP contribution is 2.29. The number of benzene rings is 3. The van der Waals surface area contributed by atoms with E-state index in [0.29, 0.717) is 24.9 Å². The van der Waals surface area contributed by atoms with E-state index in [1.807, 2.05) is 29.2 Å². The van der Waals surface area contributed by atoms with Crippen molar-refractivity contribution in [3.63, 3.8) is 0 Å². The molecule has 0 spiro atoms. The molecule has 0 saturated carbocycles. The van der Waals surface area contributed by atoms with Crippen molar-refractivity contribution in [3.8, 4) is 5.75 Å². The first kappa shape index (κ1) is 31.9. The van der Waals surface area contributed by atoms with E-state index < -0.39 is 29.7 Å². The van der Waals surface area contributed by atoms with Crippen LogP contribution in [0.25, 0.3) is 0 Å². The van der Waals surface area contributed by atoms with Crippen LogP contribution >= 0.6 is 11.6 Å². The number of carbonyl (C=O) groups excluding carboxylic acids is 2.